The molecule has 9 aromatic carbocycles. The maximum absolute atomic E-state index is 6.18. The lowest BCUT2D eigenvalue weighted by molar-refractivity contribution is 0.669. The standard InChI is InChI=1S/C59H36N4O/c1-2-12-41(13-3-1)61-52-18-7-4-15-44(52)48-33-39(22-25-54(48)61)40-23-26-55-49(34-40)45-16-5-8-19-53(45)62(55)42-14-10-11-37(31-42)38-21-27-56-50(32-38)46-29-30-60-36-57(46)63(56)43-24-28-59-51(35-43)47-17-6-9-20-58(47)64-59/h1-36H. The van der Waals surface area contributed by atoms with Gasteiger partial charge in [0.05, 0.1) is 39.3 Å². The molecule has 5 nitrogen and oxygen atoms in total. The first-order valence-electron chi connectivity index (χ1n) is 21.8. The van der Waals surface area contributed by atoms with E-state index in [1.165, 1.54) is 71.2 Å². The third-order valence-electron chi connectivity index (χ3n) is 13.3. The first-order chi connectivity index (χ1) is 31.7. The monoisotopic (exact) mass is 816 g/mol. The first kappa shape index (κ1) is 35.0. The second-order valence-electron chi connectivity index (χ2n) is 16.8. The van der Waals surface area contributed by atoms with Crippen molar-refractivity contribution in [2.45, 2.75) is 0 Å². The van der Waals surface area contributed by atoms with Gasteiger partial charge in [-0.05, 0) is 125 Å². The molecule has 5 heteroatoms. The van der Waals surface area contributed by atoms with Crippen LogP contribution in [0.3, 0.4) is 0 Å². The summed E-state index contributed by atoms with van der Waals surface area (Å²) in [6, 6.07) is 74.7. The van der Waals surface area contributed by atoms with Crippen molar-refractivity contribution in [1.82, 2.24) is 18.7 Å². The Bertz CT molecular complexity index is 4200. The molecule has 0 atom stereocenters. The van der Waals surface area contributed by atoms with E-state index in [9.17, 15) is 0 Å². The zero-order valence-electron chi connectivity index (χ0n) is 34.5. The Balaban J connectivity index is 0.882. The van der Waals surface area contributed by atoms with Gasteiger partial charge in [0.1, 0.15) is 11.2 Å². The summed E-state index contributed by atoms with van der Waals surface area (Å²) in [5.74, 6) is 0. The molecule has 0 unspecified atom stereocenters. The molecule has 0 radical (unpaired) electrons. The van der Waals surface area contributed by atoms with Crippen LogP contribution in [-0.2, 0) is 0 Å². The van der Waals surface area contributed by atoms with E-state index in [-0.39, 0.29) is 0 Å². The van der Waals surface area contributed by atoms with Gasteiger partial charge in [-0.1, -0.05) is 103 Å². The predicted molar refractivity (Wildman–Crippen MR) is 265 cm³/mol. The Morgan fingerprint density at radius 3 is 1.44 bits per heavy atom. The minimum atomic E-state index is 0.885. The van der Waals surface area contributed by atoms with Crippen LogP contribution in [0.1, 0.15) is 0 Å². The van der Waals surface area contributed by atoms with Gasteiger partial charge in [0.25, 0.3) is 0 Å². The van der Waals surface area contributed by atoms with Gasteiger partial charge < -0.3 is 18.1 Å². The Kier molecular flexibility index (Phi) is 7.33. The summed E-state index contributed by atoms with van der Waals surface area (Å²) in [6.45, 7) is 0. The number of furan rings is 1. The molecule has 14 rings (SSSR count). The highest BCUT2D eigenvalue weighted by Crippen LogP contribution is 2.41. The Hall–Kier alpha value is -8.67. The van der Waals surface area contributed by atoms with Crippen LogP contribution >= 0.6 is 0 Å². The quantitative estimate of drug-likeness (QED) is 0.174. The Labute approximate surface area is 366 Å². The highest BCUT2D eigenvalue weighted by Gasteiger charge is 2.19. The average molecular weight is 817 g/mol. The minimum Gasteiger partial charge on any atom is -0.456 e. The van der Waals surface area contributed by atoms with Gasteiger partial charge in [0.2, 0.25) is 0 Å². The summed E-state index contributed by atoms with van der Waals surface area (Å²) >= 11 is 0. The number of rotatable bonds is 5. The van der Waals surface area contributed by atoms with E-state index in [0.29, 0.717) is 0 Å². The number of hydrogen-bond donors (Lipinski definition) is 0. The number of nitrogens with zero attached hydrogens (tertiary/aromatic N) is 4. The summed E-state index contributed by atoms with van der Waals surface area (Å²) in [5.41, 5.74) is 16.8. The van der Waals surface area contributed by atoms with Crippen LogP contribution in [0.15, 0.2) is 223 Å². The van der Waals surface area contributed by atoms with Crippen LogP contribution < -0.4 is 0 Å². The fourth-order valence-corrected chi connectivity index (χ4v) is 10.4. The van der Waals surface area contributed by atoms with Crippen LogP contribution in [0, 0.1) is 0 Å². The molecule has 0 bridgehead atoms. The molecule has 0 saturated heterocycles. The first-order valence-corrected chi connectivity index (χ1v) is 21.8. The van der Waals surface area contributed by atoms with Gasteiger partial charge in [-0.15, -0.1) is 0 Å². The SMILES string of the molecule is c1ccc(-n2c3ccccc3c3cc(-c4ccc5c(c4)c4ccccc4n5-c4cccc(-c5ccc6c(c5)c5ccncc5n6-c5ccc6oc7ccccc7c6c5)c4)ccc32)cc1. The lowest BCUT2D eigenvalue weighted by Gasteiger charge is -2.12. The van der Waals surface area contributed by atoms with E-state index in [0.717, 1.165) is 55.5 Å². The molecule has 0 aliphatic rings. The van der Waals surface area contributed by atoms with Crippen molar-refractivity contribution < 1.29 is 4.42 Å². The van der Waals surface area contributed by atoms with Crippen molar-refractivity contribution in [3.05, 3.63) is 219 Å². The van der Waals surface area contributed by atoms with Gasteiger partial charge in [-0.3, -0.25) is 4.98 Å². The van der Waals surface area contributed by atoms with Crippen LogP contribution in [0.25, 0.3) is 127 Å². The summed E-state index contributed by atoms with van der Waals surface area (Å²) < 4.78 is 13.3. The molecule has 14 aromatic rings. The van der Waals surface area contributed by atoms with E-state index in [2.05, 4.69) is 213 Å². The third kappa shape index (κ3) is 5.09. The molecule has 64 heavy (non-hydrogen) atoms. The number of benzene rings is 9. The topological polar surface area (TPSA) is 40.8 Å². The van der Waals surface area contributed by atoms with Gasteiger partial charge in [-0.2, -0.15) is 0 Å². The Morgan fingerprint density at radius 1 is 0.281 bits per heavy atom. The predicted octanol–water partition coefficient (Wildman–Crippen LogP) is 15.6. The van der Waals surface area contributed by atoms with E-state index in [4.69, 9.17) is 4.42 Å². The van der Waals surface area contributed by atoms with Crippen molar-refractivity contribution >= 4 is 87.4 Å². The number of hydrogen-bond acceptors (Lipinski definition) is 2. The van der Waals surface area contributed by atoms with Crippen LogP contribution in [0.2, 0.25) is 0 Å². The van der Waals surface area contributed by atoms with Gasteiger partial charge >= 0.3 is 0 Å². The van der Waals surface area contributed by atoms with Gasteiger partial charge in [-0.25, -0.2) is 0 Å². The molecule has 0 amide bonds. The third-order valence-corrected chi connectivity index (χ3v) is 13.3. The second-order valence-corrected chi connectivity index (χ2v) is 16.8. The van der Waals surface area contributed by atoms with Crippen LogP contribution in [0.5, 0.6) is 0 Å². The largest absolute Gasteiger partial charge is 0.456 e. The van der Waals surface area contributed by atoms with E-state index in [1.54, 1.807) is 0 Å². The van der Waals surface area contributed by atoms with Gasteiger partial charge in [0.15, 0.2) is 0 Å². The lowest BCUT2D eigenvalue weighted by Crippen LogP contribution is -1.95. The molecule has 0 N–H and O–H groups in total. The molecule has 0 aliphatic carbocycles. The zero-order chi connectivity index (χ0) is 41.9. The highest BCUT2D eigenvalue weighted by atomic mass is 16.3. The average Bonchev–Trinajstić information content (AvgIpc) is 4.10. The number of fused-ring (bicyclic) bond motifs is 12. The zero-order valence-corrected chi connectivity index (χ0v) is 34.5. The summed E-state index contributed by atoms with van der Waals surface area (Å²) in [7, 11) is 0. The van der Waals surface area contributed by atoms with Crippen molar-refractivity contribution in [1.29, 1.82) is 0 Å². The minimum absolute atomic E-state index is 0.885. The fraction of sp³-hybridized carbons (Fsp3) is 0. The van der Waals surface area contributed by atoms with Crippen molar-refractivity contribution in [2.75, 3.05) is 0 Å². The maximum Gasteiger partial charge on any atom is 0.135 e. The molecule has 0 aliphatic heterocycles. The molecule has 5 heterocycles. The highest BCUT2D eigenvalue weighted by molar-refractivity contribution is 6.14. The summed E-state index contributed by atoms with van der Waals surface area (Å²) in [5, 5.41) is 9.54. The van der Waals surface area contributed by atoms with Crippen LogP contribution in [0.4, 0.5) is 0 Å². The summed E-state index contributed by atoms with van der Waals surface area (Å²) in [6.07, 6.45) is 3.87. The normalized spacial score (nSPS) is 12.1. The molecule has 0 fully saturated rings. The van der Waals surface area contributed by atoms with Crippen LogP contribution in [-0.4, -0.2) is 18.7 Å². The molecular formula is C59H36N4O. The van der Waals surface area contributed by atoms with E-state index < -0.39 is 0 Å². The summed E-state index contributed by atoms with van der Waals surface area (Å²) in [4.78, 5) is 4.58. The van der Waals surface area contributed by atoms with Gasteiger partial charge in [0, 0.05) is 66.3 Å². The molecule has 298 valence electrons. The molecule has 0 saturated carbocycles. The van der Waals surface area contributed by atoms with E-state index >= 15 is 0 Å². The number of aromatic nitrogens is 4. The Morgan fingerprint density at radius 2 is 0.766 bits per heavy atom. The van der Waals surface area contributed by atoms with Crippen molar-refractivity contribution in [3.63, 3.8) is 0 Å². The number of para-hydroxylation sites is 4. The molecular weight excluding hydrogens is 781 g/mol. The maximum atomic E-state index is 6.18. The fourth-order valence-electron chi connectivity index (χ4n) is 10.4. The van der Waals surface area contributed by atoms with Crippen molar-refractivity contribution in [3.8, 4) is 39.3 Å². The molecule has 5 aromatic heterocycles. The smallest absolute Gasteiger partial charge is 0.135 e. The number of pyridine rings is 1. The second kappa shape index (κ2) is 13.4. The van der Waals surface area contributed by atoms with E-state index in [1.807, 2.05) is 24.5 Å². The molecule has 0 spiro atoms. The lowest BCUT2D eigenvalue weighted by atomic mass is 10.0. The van der Waals surface area contributed by atoms with Crippen molar-refractivity contribution in [2.24, 2.45) is 0 Å².